The van der Waals surface area contributed by atoms with Crippen LogP contribution in [0, 0.1) is 12.8 Å². The van der Waals surface area contributed by atoms with Gasteiger partial charge in [0, 0.05) is 49.4 Å². The highest BCUT2D eigenvalue weighted by Crippen LogP contribution is 2.33. The van der Waals surface area contributed by atoms with Gasteiger partial charge < -0.3 is 19.7 Å². The molecular weight excluding hydrogens is 456 g/mol. The summed E-state index contributed by atoms with van der Waals surface area (Å²) < 4.78 is 5.28. The van der Waals surface area contributed by atoms with Crippen LogP contribution in [-0.4, -0.2) is 66.0 Å². The highest BCUT2D eigenvalue weighted by atomic mass is 16.5. The van der Waals surface area contributed by atoms with E-state index in [1.807, 2.05) is 30.5 Å². The fourth-order valence-corrected chi connectivity index (χ4v) is 4.86. The summed E-state index contributed by atoms with van der Waals surface area (Å²) in [4.78, 5) is 33.8. The molecule has 2 fully saturated rings. The third kappa shape index (κ3) is 4.56. The molecule has 10 heteroatoms. The fraction of sp³-hybridized carbons (Fsp3) is 0.423. The lowest BCUT2D eigenvalue weighted by Crippen LogP contribution is -2.60. The van der Waals surface area contributed by atoms with E-state index in [4.69, 9.17) is 4.52 Å². The van der Waals surface area contributed by atoms with Gasteiger partial charge in [0.1, 0.15) is 5.82 Å². The van der Waals surface area contributed by atoms with Crippen molar-refractivity contribution in [1.82, 2.24) is 34.9 Å². The van der Waals surface area contributed by atoms with Crippen LogP contribution in [0.5, 0.6) is 0 Å². The third-order valence-electron chi connectivity index (χ3n) is 7.01. The largest absolute Gasteiger partial charge is 0.339 e. The van der Waals surface area contributed by atoms with Crippen LogP contribution in [-0.2, 0) is 11.3 Å². The summed E-state index contributed by atoms with van der Waals surface area (Å²) in [7, 11) is 0. The lowest BCUT2D eigenvalue weighted by molar-refractivity contribution is -0.137. The Morgan fingerprint density at radius 2 is 2.06 bits per heavy atom. The number of imidazole rings is 1. The summed E-state index contributed by atoms with van der Waals surface area (Å²) in [6.45, 7) is 9.45. The number of carbonyl (C=O) groups excluding carboxylic acids is 1. The second-order valence-electron chi connectivity index (χ2n) is 10.4. The van der Waals surface area contributed by atoms with Crippen molar-refractivity contribution < 1.29 is 9.32 Å². The summed E-state index contributed by atoms with van der Waals surface area (Å²) in [6.07, 6.45) is 3.92. The molecule has 0 spiro atoms. The highest BCUT2D eigenvalue weighted by Gasteiger charge is 2.40. The Kier molecular flexibility index (Phi) is 5.48. The maximum Gasteiger partial charge on any atom is 0.257 e. The number of carbonyl (C=O) groups is 1. The van der Waals surface area contributed by atoms with Gasteiger partial charge in [0.2, 0.25) is 11.9 Å². The number of fused-ring (bicyclic) bond motifs is 1. The molecule has 4 heterocycles. The number of pyridine rings is 1. The van der Waals surface area contributed by atoms with Crippen LogP contribution in [0.1, 0.15) is 38.1 Å². The van der Waals surface area contributed by atoms with E-state index in [0.717, 1.165) is 67.0 Å². The number of piperazine rings is 1. The molecule has 1 aliphatic heterocycles. The second kappa shape index (κ2) is 8.70. The summed E-state index contributed by atoms with van der Waals surface area (Å²) in [5, 5.41) is 7.16. The predicted molar refractivity (Wildman–Crippen MR) is 135 cm³/mol. The first kappa shape index (κ1) is 22.7. The molecule has 2 N–H and O–H groups in total. The topological polar surface area (TPSA) is 116 Å². The number of nitrogens with zero attached hydrogens (tertiary/aromatic N) is 6. The maximum atomic E-state index is 12.6. The molecule has 2 aliphatic rings. The quantitative estimate of drug-likeness (QED) is 0.422. The van der Waals surface area contributed by atoms with E-state index in [9.17, 15) is 4.79 Å². The zero-order valence-electron chi connectivity index (χ0n) is 20.8. The minimum atomic E-state index is -0.0903. The van der Waals surface area contributed by atoms with Crippen LogP contribution in [0.2, 0.25) is 0 Å². The normalized spacial score (nSPS) is 18.0. The van der Waals surface area contributed by atoms with Gasteiger partial charge in [-0.2, -0.15) is 4.98 Å². The van der Waals surface area contributed by atoms with Crippen LogP contribution in [0.15, 0.2) is 41.1 Å². The summed E-state index contributed by atoms with van der Waals surface area (Å²) in [5.74, 6) is 3.02. The first-order valence-electron chi connectivity index (χ1n) is 12.4. The lowest BCUT2D eigenvalue weighted by Gasteiger charge is -2.47. The molecule has 1 saturated heterocycles. The zero-order valence-corrected chi connectivity index (χ0v) is 20.8. The Hall–Kier alpha value is -3.79. The fourth-order valence-electron chi connectivity index (χ4n) is 4.86. The van der Waals surface area contributed by atoms with Crippen molar-refractivity contribution in [3.63, 3.8) is 0 Å². The van der Waals surface area contributed by atoms with Crippen molar-refractivity contribution in [3.8, 4) is 11.5 Å². The molecule has 0 atom stereocenters. The van der Waals surface area contributed by atoms with Gasteiger partial charge in [0.25, 0.3) is 5.89 Å². The number of hydrogen-bond acceptors (Lipinski definition) is 8. The van der Waals surface area contributed by atoms with Gasteiger partial charge in [-0.15, -0.1) is 0 Å². The number of rotatable bonds is 6. The molecule has 4 aromatic rings. The number of anilines is 2. The first-order chi connectivity index (χ1) is 17.3. The zero-order chi connectivity index (χ0) is 24.9. The standard InChI is InChI=1S/C26H30N8O2/c1-16-28-23(36-32-16)19-6-7-20-21(13-19)30-25(29-20)31-22-12-17(8-9-27-22)14-34-11-10-33(15-26(34,2)3)24(35)18-4-5-18/h6-9,12-13,18H,4-5,10-11,14-15H2,1-3H3,(H2,27,29,30,31). The SMILES string of the molecule is Cc1noc(-c2ccc3nc(Nc4cc(CN5CCN(C(=O)C6CC6)CC5(C)C)ccn4)[nH]c3c2)n1. The van der Waals surface area contributed by atoms with Gasteiger partial charge in [-0.05, 0) is 69.5 Å². The first-order valence-corrected chi connectivity index (χ1v) is 12.4. The van der Waals surface area contributed by atoms with Gasteiger partial charge in [-0.1, -0.05) is 5.16 Å². The molecule has 36 heavy (non-hydrogen) atoms. The van der Waals surface area contributed by atoms with Crippen molar-refractivity contribution in [2.75, 3.05) is 25.0 Å². The van der Waals surface area contributed by atoms with Gasteiger partial charge in [-0.3, -0.25) is 9.69 Å². The van der Waals surface area contributed by atoms with Crippen molar-refractivity contribution in [2.45, 2.75) is 45.7 Å². The molecule has 1 saturated carbocycles. The van der Waals surface area contributed by atoms with Crippen LogP contribution in [0.3, 0.4) is 0 Å². The number of aryl methyl sites for hydroxylation is 1. The molecule has 1 amide bonds. The van der Waals surface area contributed by atoms with E-state index >= 15 is 0 Å². The number of benzene rings is 1. The summed E-state index contributed by atoms with van der Waals surface area (Å²) >= 11 is 0. The molecule has 1 aliphatic carbocycles. The molecular formula is C26H30N8O2. The molecule has 0 unspecified atom stereocenters. The minimum Gasteiger partial charge on any atom is -0.339 e. The van der Waals surface area contributed by atoms with E-state index in [1.165, 1.54) is 0 Å². The van der Waals surface area contributed by atoms with Gasteiger partial charge >= 0.3 is 0 Å². The average molecular weight is 487 g/mol. The second-order valence-corrected chi connectivity index (χ2v) is 10.4. The van der Waals surface area contributed by atoms with E-state index in [2.05, 4.69) is 60.1 Å². The Morgan fingerprint density at radius 3 is 2.81 bits per heavy atom. The summed E-state index contributed by atoms with van der Waals surface area (Å²) in [6, 6.07) is 9.88. The smallest absolute Gasteiger partial charge is 0.257 e. The minimum absolute atomic E-state index is 0.0903. The Labute approximate surface area is 209 Å². The molecule has 1 aromatic carbocycles. The third-order valence-corrected chi connectivity index (χ3v) is 7.01. The van der Waals surface area contributed by atoms with Gasteiger partial charge in [0.15, 0.2) is 5.82 Å². The molecule has 6 rings (SSSR count). The number of H-pyrrole nitrogens is 1. The average Bonchev–Trinajstić information content (AvgIpc) is 3.48. The Morgan fingerprint density at radius 1 is 1.19 bits per heavy atom. The van der Waals surface area contributed by atoms with E-state index < -0.39 is 0 Å². The van der Waals surface area contributed by atoms with Gasteiger partial charge in [0.05, 0.1) is 11.0 Å². The molecule has 186 valence electrons. The molecule has 0 bridgehead atoms. The number of aromatic nitrogens is 5. The van der Waals surface area contributed by atoms with Crippen molar-refractivity contribution in [2.24, 2.45) is 5.92 Å². The number of aromatic amines is 1. The molecule has 3 aromatic heterocycles. The predicted octanol–water partition coefficient (Wildman–Crippen LogP) is 3.89. The highest BCUT2D eigenvalue weighted by molar-refractivity contribution is 5.82. The molecule has 10 nitrogen and oxygen atoms in total. The lowest BCUT2D eigenvalue weighted by atomic mass is 9.97. The van der Waals surface area contributed by atoms with Crippen LogP contribution in [0.25, 0.3) is 22.5 Å². The maximum absolute atomic E-state index is 12.6. The summed E-state index contributed by atoms with van der Waals surface area (Å²) in [5.41, 5.74) is 3.59. The monoisotopic (exact) mass is 486 g/mol. The van der Waals surface area contributed by atoms with Gasteiger partial charge in [-0.25, -0.2) is 9.97 Å². The van der Waals surface area contributed by atoms with E-state index in [-0.39, 0.29) is 11.5 Å². The van der Waals surface area contributed by atoms with E-state index in [1.54, 1.807) is 6.92 Å². The number of nitrogens with one attached hydrogen (secondary N) is 2. The Bertz CT molecular complexity index is 1420. The Balaban J connectivity index is 1.14. The number of amides is 1. The van der Waals surface area contributed by atoms with Crippen LogP contribution >= 0.6 is 0 Å². The van der Waals surface area contributed by atoms with Crippen molar-refractivity contribution in [1.29, 1.82) is 0 Å². The van der Waals surface area contributed by atoms with E-state index in [0.29, 0.717) is 23.6 Å². The van der Waals surface area contributed by atoms with Crippen molar-refractivity contribution in [3.05, 3.63) is 47.9 Å². The van der Waals surface area contributed by atoms with Crippen molar-refractivity contribution >= 4 is 28.7 Å². The number of hydrogen-bond donors (Lipinski definition) is 2. The van der Waals surface area contributed by atoms with Crippen LogP contribution in [0.4, 0.5) is 11.8 Å². The van der Waals surface area contributed by atoms with Crippen LogP contribution < -0.4 is 5.32 Å². The molecule has 0 radical (unpaired) electrons.